The lowest BCUT2D eigenvalue weighted by atomic mass is 10.2. The fraction of sp³-hybridized carbons (Fsp3) is 0.0667. The van der Waals surface area contributed by atoms with Crippen LogP contribution in [0.2, 0.25) is 0 Å². The topological polar surface area (TPSA) is 95.6 Å². The molecule has 1 aliphatic rings. The van der Waals surface area contributed by atoms with Crippen LogP contribution in [-0.2, 0) is 14.8 Å². The Labute approximate surface area is 137 Å². The van der Waals surface area contributed by atoms with E-state index in [1.54, 1.807) is 0 Å². The van der Waals surface area contributed by atoms with Crippen LogP contribution in [0, 0.1) is 5.82 Å². The molecule has 2 aromatic carbocycles. The molecule has 1 saturated heterocycles. The highest BCUT2D eigenvalue weighted by Crippen LogP contribution is 2.24. The van der Waals surface area contributed by atoms with E-state index >= 15 is 0 Å². The monoisotopic (exact) mass is 349 g/mol. The molecular weight excluding hydrogens is 337 g/mol. The summed E-state index contributed by atoms with van der Waals surface area (Å²) >= 11 is 0. The maximum Gasteiger partial charge on any atom is 0.329 e. The third-order valence-corrected chi connectivity index (χ3v) is 4.74. The molecular formula is C15H12FN3O4S. The highest BCUT2D eigenvalue weighted by Gasteiger charge is 2.30. The van der Waals surface area contributed by atoms with E-state index in [1.807, 2.05) is 0 Å². The van der Waals surface area contributed by atoms with Crippen molar-refractivity contribution < 1.29 is 22.4 Å². The number of benzene rings is 2. The Hall–Kier alpha value is -2.94. The average molecular weight is 349 g/mol. The first-order valence-electron chi connectivity index (χ1n) is 6.87. The second-order valence-electron chi connectivity index (χ2n) is 4.97. The fourth-order valence-electron chi connectivity index (χ4n) is 2.27. The zero-order valence-corrected chi connectivity index (χ0v) is 13.0. The number of anilines is 2. The first-order valence-corrected chi connectivity index (χ1v) is 8.35. The molecule has 0 unspecified atom stereocenters. The summed E-state index contributed by atoms with van der Waals surface area (Å²) in [4.78, 5) is 23.8. The van der Waals surface area contributed by atoms with Gasteiger partial charge in [0.2, 0.25) is 0 Å². The van der Waals surface area contributed by atoms with Crippen LogP contribution in [0.3, 0.4) is 0 Å². The second kappa shape index (κ2) is 5.93. The molecule has 0 bridgehead atoms. The van der Waals surface area contributed by atoms with Crippen molar-refractivity contribution in [2.24, 2.45) is 0 Å². The molecule has 0 saturated carbocycles. The van der Waals surface area contributed by atoms with Gasteiger partial charge in [-0.2, -0.15) is 0 Å². The number of nitrogens with zero attached hydrogens (tertiary/aromatic N) is 1. The van der Waals surface area contributed by atoms with E-state index in [-0.39, 0.29) is 17.9 Å². The number of carbonyl (C=O) groups is 2. The molecule has 0 aliphatic carbocycles. The summed E-state index contributed by atoms with van der Waals surface area (Å²) in [6, 6.07) is 10.1. The molecule has 3 amide bonds. The van der Waals surface area contributed by atoms with Crippen LogP contribution in [0.1, 0.15) is 0 Å². The number of imide groups is 1. The Kier molecular flexibility index (Phi) is 3.94. The Balaban J connectivity index is 1.92. The maximum absolute atomic E-state index is 13.7. The third-order valence-electron chi connectivity index (χ3n) is 3.33. The fourth-order valence-corrected chi connectivity index (χ4v) is 3.39. The lowest BCUT2D eigenvalue weighted by Gasteiger charge is -2.14. The summed E-state index contributed by atoms with van der Waals surface area (Å²) in [5.74, 6) is -1.33. The van der Waals surface area contributed by atoms with Crippen LogP contribution in [0.5, 0.6) is 0 Å². The summed E-state index contributed by atoms with van der Waals surface area (Å²) in [6.45, 7) is -0.121. The van der Waals surface area contributed by atoms with E-state index in [9.17, 15) is 22.4 Å². The highest BCUT2D eigenvalue weighted by molar-refractivity contribution is 7.92. The molecule has 0 aromatic heterocycles. The molecule has 9 heteroatoms. The minimum atomic E-state index is -4.14. The Morgan fingerprint density at radius 2 is 1.83 bits per heavy atom. The first kappa shape index (κ1) is 15.9. The van der Waals surface area contributed by atoms with E-state index in [2.05, 4.69) is 10.0 Å². The van der Waals surface area contributed by atoms with Gasteiger partial charge in [0.1, 0.15) is 10.7 Å². The van der Waals surface area contributed by atoms with Crippen LogP contribution >= 0.6 is 0 Å². The lowest BCUT2D eigenvalue weighted by molar-refractivity contribution is -0.115. The summed E-state index contributed by atoms with van der Waals surface area (Å²) in [6.07, 6.45) is 0. The van der Waals surface area contributed by atoms with E-state index in [4.69, 9.17) is 0 Å². The van der Waals surface area contributed by atoms with E-state index in [1.165, 1.54) is 36.4 Å². The number of amides is 3. The van der Waals surface area contributed by atoms with Gasteiger partial charge in [0.05, 0.1) is 17.9 Å². The molecule has 1 heterocycles. The number of hydrogen-bond acceptors (Lipinski definition) is 4. The number of hydrogen-bond donors (Lipinski definition) is 2. The smallest absolute Gasteiger partial charge is 0.328 e. The summed E-state index contributed by atoms with van der Waals surface area (Å²) in [7, 11) is -4.14. The SMILES string of the molecule is O=C1CNC(=O)N1c1cccc(NS(=O)(=O)c2ccccc2F)c1. The molecule has 0 spiro atoms. The Morgan fingerprint density at radius 3 is 2.50 bits per heavy atom. The Morgan fingerprint density at radius 1 is 1.08 bits per heavy atom. The van der Waals surface area contributed by atoms with Crippen LogP contribution in [0.25, 0.3) is 0 Å². The molecule has 24 heavy (non-hydrogen) atoms. The predicted octanol–water partition coefficient (Wildman–Crippen LogP) is 1.68. The molecule has 2 aromatic rings. The molecule has 124 valence electrons. The van der Waals surface area contributed by atoms with Crippen molar-refractivity contribution >= 4 is 33.3 Å². The van der Waals surface area contributed by atoms with Crippen molar-refractivity contribution in [3.63, 3.8) is 0 Å². The van der Waals surface area contributed by atoms with Crippen molar-refractivity contribution in [1.82, 2.24) is 5.32 Å². The van der Waals surface area contributed by atoms with Crippen molar-refractivity contribution in [1.29, 1.82) is 0 Å². The molecule has 1 aliphatic heterocycles. The maximum atomic E-state index is 13.7. The van der Waals surface area contributed by atoms with Crippen LogP contribution in [0.4, 0.5) is 20.6 Å². The van der Waals surface area contributed by atoms with Crippen LogP contribution in [0.15, 0.2) is 53.4 Å². The quantitative estimate of drug-likeness (QED) is 0.821. The number of halogens is 1. The van der Waals surface area contributed by atoms with Gasteiger partial charge >= 0.3 is 6.03 Å². The molecule has 7 nitrogen and oxygen atoms in total. The summed E-state index contributed by atoms with van der Waals surface area (Å²) in [5.41, 5.74) is 0.312. The molecule has 1 fully saturated rings. The van der Waals surface area contributed by atoms with Gasteiger partial charge in [-0.1, -0.05) is 18.2 Å². The molecule has 2 N–H and O–H groups in total. The van der Waals surface area contributed by atoms with Crippen molar-refractivity contribution in [3.8, 4) is 0 Å². The number of urea groups is 1. The van der Waals surface area contributed by atoms with Crippen molar-refractivity contribution in [2.45, 2.75) is 4.90 Å². The summed E-state index contributed by atoms with van der Waals surface area (Å²) < 4.78 is 40.5. The van der Waals surface area contributed by atoms with Gasteiger partial charge in [-0.25, -0.2) is 22.5 Å². The number of carbonyl (C=O) groups excluding carboxylic acids is 2. The van der Waals surface area contributed by atoms with Crippen molar-refractivity contribution in [3.05, 3.63) is 54.3 Å². The van der Waals surface area contributed by atoms with Crippen molar-refractivity contribution in [2.75, 3.05) is 16.2 Å². The number of rotatable bonds is 4. The van der Waals surface area contributed by atoms with Crippen LogP contribution < -0.4 is 14.9 Å². The van der Waals surface area contributed by atoms with Crippen LogP contribution in [-0.4, -0.2) is 26.9 Å². The molecule has 0 atom stereocenters. The van der Waals surface area contributed by atoms with E-state index in [0.717, 1.165) is 17.0 Å². The minimum Gasteiger partial charge on any atom is -0.328 e. The van der Waals surface area contributed by atoms with Gasteiger partial charge in [0, 0.05) is 0 Å². The van der Waals surface area contributed by atoms with Gasteiger partial charge < -0.3 is 5.32 Å². The lowest BCUT2D eigenvalue weighted by Crippen LogP contribution is -2.30. The van der Waals surface area contributed by atoms with E-state index in [0.29, 0.717) is 0 Å². The van der Waals surface area contributed by atoms with E-state index < -0.39 is 32.7 Å². The Bertz CT molecular complexity index is 914. The molecule has 3 rings (SSSR count). The number of nitrogens with one attached hydrogen (secondary N) is 2. The average Bonchev–Trinajstić information content (AvgIpc) is 2.86. The number of sulfonamides is 1. The van der Waals surface area contributed by atoms with Gasteiger partial charge in [0.15, 0.2) is 0 Å². The van der Waals surface area contributed by atoms with Gasteiger partial charge in [-0.3, -0.25) is 9.52 Å². The predicted molar refractivity (Wildman–Crippen MR) is 84.5 cm³/mol. The zero-order valence-electron chi connectivity index (χ0n) is 12.2. The zero-order chi connectivity index (χ0) is 17.3. The normalized spacial score (nSPS) is 14.6. The standard InChI is InChI=1S/C15H12FN3O4S/c16-12-6-1-2-7-13(12)24(22,23)18-10-4-3-5-11(8-10)19-14(20)9-17-15(19)21/h1-8,18H,9H2,(H,17,21). The second-order valence-corrected chi connectivity index (χ2v) is 6.62. The highest BCUT2D eigenvalue weighted by atomic mass is 32.2. The summed E-state index contributed by atoms with van der Waals surface area (Å²) in [5, 5.41) is 2.37. The molecule has 0 radical (unpaired) electrons. The minimum absolute atomic E-state index is 0.100. The van der Waals surface area contributed by atoms with Gasteiger partial charge in [-0.15, -0.1) is 0 Å². The largest absolute Gasteiger partial charge is 0.329 e. The first-order chi connectivity index (χ1) is 11.4. The third kappa shape index (κ3) is 2.93. The van der Waals surface area contributed by atoms with Gasteiger partial charge in [-0.05, 0) is 30.3 Å². The van der Waals surface area contributed by atoms with Gasteiger partial charge in [0.25, 0.3) is 15.9 Å².